The van der Waals surface area contributed by atoms with Crippen molar-refractivity contribution in [2.75, 3.05) is 23.6 Å². The molecule has 0 unspecified atom stereocenters. The van der Waals surface area contributed by atoms with E-state index in [2.05, 4.69) is 5.32 Å². The molecule has 0 spiro atoms. The second-order valence-electron chi connectivity index (χ2n) is 9.90. The number of nitrogens with one attached hydrogen (secondary N) is 1. The molecule has 0 saturated carbocycles. The minimum Gasteiger partial charge on any atom is -0.454 e. The van der Waals surface area contributed by atoms with Crippen LogP contribution in [0.25, 0.3) is 0 Å². The van der Waals surface area contributed by atoms with Gasteiger partial charge in [0.1, 0.15) is 18.4 Å². The predicted octanol–water partition coefficient (Wildman–Crippen LogP) is 5.15. The zero-order valence-corrected chi connectivity index (χ0v) is 23.2. The van der Waals surface area contributed by atoms with Gasteiger partial charge in [0.05, 0.1) is 11.3 Å². The number of hydrogen-bond acceptors (Lipinski definition) is 6. The number of ether oxygens (including phenoxy) is 2. The molecule has 0 fully saturated rings. The van der Waals surface area contributed by atoms with Crippen LogP contribution in [-0.4, -0.2) is 41.7 Å². The first-order valence-corrected chi connectivity index (χ1v) is 13.6. The molecule has 0 aliphatic carbocycles. The van der Waals surface area contributed by atoms with Crippen molar-refractivity contribution >= 4 is 46.5 Å². The van der Waals surface area contributed by atoms with Gasteiger partial charge < -0.3 is 19.7 Å². The highest BCUT2D eigenvalue weighted by atomic mass is 35.5. The Balaban J connectivity index is 1.38. The molecule has 0 bridgehead atoms. The van der Waals surface area contributed by atoms with Gasteiger partial charge in [0, 0.05) is 23.3 Å². The molecule has 0 aromatic heterocycles. The number of nitrogens with zero attached hydrogens (tertiary/aromatic N) is 2. The number of hydrogen-bond donors (Lipinski definition) is 1. The van der Waals surface area contributed by atoms with Crippen LogP contribution >= 0.6 is 11.6 Å². The van der Waals surface area contributed by atoms with Gasteiger partial charge in [-0.15, -0.1) is 0 Å². The average molecular weight is 600 g/mol. The Hall–Kier alpha value is -5.22. The Labute approximate surface area is 250 Å². The molecule has 4 aromatic rings. The van der Waals surface area contributed by atoms with Crippen LogP contribution in [0.3, 0.4) is 0 Å². The smallest absolute Gasteiger partial charge is 0.299 e. The number of para-hydroxylation sites is 1. The van der Waals surface area contributed by atoms with Crippen molar-refractivity contribution in [2.24, 2.45) is 0 Å². The fourth-order valence-electron chi connectivity index (χ4n) is 5.04. The summed E-state index contributed by atoms with van der Waals surface area (Å²) in [6.07, 6.45) is 0. The summed E-state index contributed by atoms with van der Waals surface area (Å²) in [6, 6.07) is 22.0. The van der Waals surface area contributed by atoms with Crippen LogP contribution in [-0.2, 0) is 20.9 Å². The highest BCUT2D eigenvalue weighted by Crippen LogP contribution is 2.35. The number of ketones is 1. The lowest BCUT2D eigenvalue weighted by molar-refractivity contribution is -0.139. The number of benzene rings is 4. The van der Waals surface area contributed by atoms with Crippen molar-refractivity contribution in [2.45, 2.75) is 12.6 Å². The van der Waals surface area contributed by atoms with Crippen LogP contribution in [0.5, 0.6) is 11.5 Å². The molecule has 2 heterocycles. The zero-order valence-electron chi connectivity index (χ0n) is 22.5. The van der Waals surface area contributed by atoms with E-state index in [1.165, 1.54) is 35.2 Å². The lowest BCUT2D eigenvalue weighted by atomic mass is 10.0. The number of anilines is 2. The molecule has 43 heavy (non-hydrogen) atoms. The Kier molecular flexibility index (Phi) is 7.52. The van der Waals surface area contributed by atoms with E-state index in [0.717, 1.165) is 4.90 Å². The average Bonchev–Trinajstić information content (AvgIpc) is 3.57. The van der Waals surface area contributed by atoms with Gasteiger partial charge in [0.15, 0.2) is 11.5 Å². The maximum Gasteiger partial charge on any atom is 0.299 e. The van der Waals surface area contributed by atoms with E-state index in [4.69, 9.17) is 21.1 Å². The van der Waals surface area contributed by atoms with E-state index < -0.39 is 41.9 Å². The second-order valence-corrected chi connectivity index (χ2v) is 10.3. The van der Waals surface area contributed by atoms with E-state index in [1.807, 2.05) is 0 Å². The summed E-state index contributed by atoms with van der Waals surface area (Å²) in [5.74, 6) is -2.23. The maximum absolute atomic E-state index is 14.1. The summed E-state index contributed by atoms with van der Waals surface area (Å²) < 4.78 is 24.5. The van der Waals surface area contributed by atoms with Crippen LogP contribution in [0.2, 0.25) is 5.02 Å². The van der Waals surface area contributed by atoms with Gasteiger partial charge in [0.2, 0.25) is 12.7 Å². The highest BCUT2D eigenvalue weighted by Gasteiger charge is 2.39. The lowest BCUT2D eigenvalue weighted by Crippen LogP contribution is -2.46. The maximum atomic E-state index is 14.1. The van der Waals surface area contributed by atoms with Gasteiger partial charge in [-0.25, -0.2) is 4.39 Å². The van der Waals surface area contributed by atoms with E-state index in [-0.39, 0.29) is 18.9 Å². The molecule has 2 aliphatic heterocycles. The molecule has 9 nitrogen and oxygen atoms in total. The van der Waals surface area contributed by atoms with Gasteiger partial charge >= 0.3 is 0 Å². The molecule has 2 aliphatic rings. The molecule has 11 heteroatoms. The van der Waals surface area contributed by atoms with Crippen LogP contribution < -0.4 is 19.7 Å². The van der Waals surface area contributed by atoms with E-state index >= 15 is 0 Å². The standard InChI is InChI=1S/C32H23ClFN3O6/c33-21-9-7-20(8-10-21)29(31(40)35-23-13-14-26-27(15-23)43-18-42-26)37(16-19-5-11-22(34)12-6-19)28(38)17-36-25-4-2-1-3-24(25)30(39)32(36)41/h1-15,29H,16-18H2,(H,35,40)/t29-/m0/s1. The van der Waals surface area contributed by atoms with E-state index in [1.54, 1.807) is 60.7 Å². The molecule has 4 aromatic carbocycles. The number of carbonyl (C=O) groups is 4. The van der Waals surface area contributed by atoms with Gasteiger partial charge in [0.25, 0.3) is 17.6 Å². The SMILES string of the molecule is O=C1C(=O)N(CC(=O)N(Cc2ccc(F)cc2)[C@H](C(=O)Nc2ccc3c(c2)OCO3)c2ccc(Cl)cc2)c2ccccc21. The first-order valence-electron chi connectivity index (χ1n) is 13.2. The molecule has 3 amide bonds. The first kappa shape index (κ1) is 27.9. The largest absolute Gasteiger partial charge is 0.454 e. The Bertz CT molecular complexity index is 1750. The van der Waals surface area contributed by atoms with Gasteiger partial charge in [-0.1, -0.05) is 48.0 Å². The molecular formula is C32H23ClFN3O6. The van der Waals surface area contributed by atoms with Crippen LogP contribution in [0.15, 0.2) is 91.0 Å². The highest BCUT2D eigenvalue weighted by molar-refractivity contribution is 6.52. The van der Waals surface area contributed by atoms with Crippen molar-refractivity contribution in [1.29, 1.82) is 0 Å². The lowest BCUT2D eigenvalue weighted by Gasteiger charge is -2.33. The summed E-state index contributed by atoms with van der Waals surface area (Å²) in [5, 5.41) is 3.27. The number of halogens is 2. The Morgan fingerprint density at radius 2 is 1.65 bits per heavy atom. The van der Waals surface area contributed by atoms with E-state index in [0.29, 0.717) is 39.0 Å². The minimum absolute atomic E-state index is 0.0565. The fourth-order valence-corrected chi connectivity index (χ4v) is 5.17. The number of fused-ring (bicyclic) bond motifs is 2. The van der Waals surface area contributed by atoms with E-state index in [9.17, 15) is 23.6 Å². The first-order chi connectivity index (χ1) is 20.8. The van der Waals surface area contributed by atoms with Crippen molar-refractivity contribution in [3.8, 4) is 11.5 Å². The number of rotatable bonds is 8. The van der Waals surface area contributed by atoms with Crippen molar-refractivity contribution in [1.82, 2.24) is 4.90 Å². The molecule has 6 rings (SSSR count). The van der Waals surface area contributed by atoms with Gasteiger partial charge in [-0.2, -0.15) is 0 Å². The van der Waals surface area contributed by atoms with Crippen molar-refractivity contribution in [3.63, 3.8) is 0 Å². The van der Waals surface area contributed by atoms with Crippen LogP contribution in [0, 0.1) is 5.82 Å². The number of amides is 3. The second kappa shape index (κ2) is 11.6. The topological polar surface area (TPSA) is 105 Å². The molecular weight excluding hydrogens is 577 g/mol. The molecule has 0 saturated heterocycles. The van der Waals surface area contributed by atoms with Gasteiger partial charge in [-0.3, -0.25) is 24.1 Å². The zero-order chi connectivity index (χ0) is 30.1. The normalized spacial score (nSPS) is 14.0. The van der Waals surface area contributed by atoms with Crippen molar-refractivity contribution < 1.29 is 33.0 Å². The number of carbonyl (C=O) groups excluding carboxylic acids is 4. The summed E-state index contributed by atoms with van der Waals surface area (Å²) in [5.41, 5.74) is 1.87. The van der Waals surface area contributed by atoms with Crippen molar-refractivity contribution in [3.05, 3.63) is 119 Å². The molecule has 216 valence electrons. The minimum atomic E-state index is -1.22. The quantitative estimate of drug-likeness (QED) is 0.281. The third-order valence-electron chi connectivity index (χ3n) is 7.14. The Morgan fingerprint density at radius 1 is 0.930 bits per heavy atom. The predicted molar refractivity (Wildman–Crippen MR) is 155 cm³/mol. The fraction of sp³-hybridized carbons (Fsp3) is 0.125. The monoisotopic (exact) mass is 599 g/mol. The summed E-state index contributed by atoms with van der Waals surface area (Å²) in [4.78, 5) is 56.1. The summed E-state index contributed by atoms with van der Waals surface area (Å²) in [6.45, 7) is -0.566. The molecule has 0 radical (unpaired) electrons. The van der Waals surface area contributed by atoms with Crippen LogP contribution in [0.1, 0.15) is 27.5 Å². The Morgan fingerprint density at radius 3 is 2.42 bits per heavy atom. The number of Topliss-reactive ketones (excluding diaryl/α,β-unsaturated/α-hetero) is 1. The molecule has 1 N–H and O–H groups in total. The summed E-state index contributed by atoms with van der Waals surface area (Å²) in [7, 11) is 0. The molecule has 1 atom stereocenters. The van der Waals surface area contributed by atoms with Gasteiger partial charge in [-0.05, 0) is 59.7 Å². The third-order valence-corrected chi connectivity index (χ3v) is 7.40. The van der Waals surface area contributed by atoms with Crippen LogP contribution in [0.4, 0.5) is 15.8 Å². The summed E-state index contributed by atoms with van der Waals surface area (Å²) >= 11 is 6.14. The third kappa shape index (κ3) is 5.64.